The Morgan fingerprint density at radius 1 is 1.09 bits per heavy atom. The van der Waals surface area contributed by atoms with Crippen LogP contribution in [0.15, 0.2) is 73.6 Å². The van der Waals surface area contributed by atoms with E-state index in [1.165, 1.54) is 6.20 Å². The van der Waals surface area contributed by atoms with Crippen molar-refractivity contribution in [1.29, 1.82) is 0 Å². The molecule has 9 heteroatoms. The van der Waals surface area contributed by atoms with Crippen molar-refractivity contribution in [3.8, 4) is 17.1 Å². The van der Waals surface area contributed by atoms with Gasteiger partial charge in [-0.05, 0) is 12.5 Å². The van der Waals surface area contributed by atoms with E-state index in [0.29, 0.717) is 58.2 Å². The van der Waals surface area contributed by atoms with E-state index in [0.717, 1.165) is 24.4 Å². The number of hydrogen-bond donors (Lipinski definition) is 2. The van der Waals surface area contributed by atoms with E-state index in [4.69, 9.17) is 10.5 Å². The van der Waals surface area contributed by atoms with E-state index < -0.39 is 0 Å². The molecule has 4 rings (SSSR count). The first kappa shape index (κ1) is 23.7. The topological polar surface area (TPSA) is 113 Å². The zero-order valence-electron chi connectivity index (χ0n) is 20.0. The third-order valence-corrected chi connectivity index (χ3v) is 6.22. The number of rotatable bonds is 8. The Balaban J connectivity index is 1.59. The van der Waals surface area contributed by atoms with E-state index in [1.807, 2.05) is 17.9 Å². The number of allylic oxidation sites excluding steroid dienone is 3. The first-order valence-electron chi connectivity index (χ1n) is 11.2. The quantitative estimate of drug-likeness (QED) is 0.291. The van der Waals surface area contributed by atoms with Crippen molar-refractivity contribution in [2.75, 3.05) is 39.0 Å². The summed E-state index contributed by atoms with van der Waals surface area (Å²) >= 11 is 0. The fourth-order valence-electron chi connectivity index (χ4n) is 4.24. The van der Waals surface area contributed by atoms with Gasteiger partial charge in [0.05, 0.1) is 47.9 Å². The number of nitrogens with two attached hydrogens (primary N) is 1. The first-order chi connectivity index (χ1) is 16.9. The van der Waals surface area contributed by atoms with E-state index in [1.54, 1.807) is 31.8 Å². The molecule has 180 valence electrons. The largest absolute Gasteiger partial charge is 0.494 e. The third kappa shape index (κ3) is 4.40. The zero-order valence-corrected chi connectivity index (χ0v) is 20.0. The fraction of sp³-hybridized carbons (Fsp3) is 0.231. The van der Waals surface area contributed by atoms with E-state index in [-0.39, 0.29) is 5.78 Å². The molecule has 1 aliphatic rings. The number of nitrogen functional groups attached to an aromatic ring is 1. The molecule has 3 N–H and O–H groups in total. The summed E-state index contributed by atoms with van der Waals surface area (Å²) in [6.07, 6.45) is 10.0. The minimum atomic E-state index is -0.178. The van der Waals surface area contributed by atoms with Crippen LogP contribution in [0.1, 0.15) is 17.3 Å². The van der Waals surface area contributed by atoms with Crippen LogP contribution >= 0.6 is 0 Å². The van der Waals surface area contributed by atoms with Crippen LogP contribution in [-0.2, 0) is 0 Å². The summed E-state index contributed by atoms with van der Waals surface area (Å²) in [5.74, 6) is 0.615. The number of carbonyl (C=O) groups excluding carboxylic acids is 1. The van der Waals surface area contributed by atoms with Gasteiger partial charge in [-0.15, -0.1) is 0 Å². The molecule has 0 unspecified atom stereocenters. The van der Waals surface area contributed by atoms with E-state index >= 15 is 0 Å². The van der Waals surface area contributed by atoms with Gasteiger partial charge >= 0.3 is 0 Å². The maximum Gasteiger partial charge on any atom is 0.210 e. The van der Waals surface area contributed by atoms with Gasteiger partial charge in [0, 0.05) is 38.1 Å². The molecule has 0 aliphatic carbocycles. The molecule has 4 heterocycles. The monoisotopic (exact) mass is 471 g/mol. The highest BCUT2D eigenvalue weighted by molar-refractivity contribution is 6.18. The summed E-state index contributed by atoms with van der Waals surface area (Å²) in [5, 5.41) is 0.623. The highest BCUT2D eigenvalue weighted by Gasteiger charge is 2.27. The predicted octanol–water partition coefficient (Wildman–Crippen LogP) is 3.57. The summed E-state index contributed by atoms with van der Waals surface area (Å²) in [5.41, 5.74) is 10.2. The van der Waals surface area contributed by atoms with Gasteiger partial charge in [0.25, 0.3) is 0 Å². The Hall–Kier alpha value is -4.40. The van der Waals surface area contributed by atoms with E-state index in [9.17, 15) is 4.79 Å². The number of pyridine rings is 1. The lowest BCUT2D eigenvalue weighted by molar-refractivity contribution is 0.0969. The van der Waals surface area contributed by atoms with Crippen molar-refractivity contribution in [2.45, 2.75) is 6.92 Å². The molecule has 0 spiro atoms. The lowest BCUT2D eigenvalue weighted by Gasteiger charge is -2.38. The number of ketones is 1. The summed E-state index contributed by atoms with van der Waals surface area (Å²) in [6, 6.07) is 0. The second-order valence-corrected chi connectivity index (χ2v) is 8.10. The molecule has 0 atom stereocenters. The van der Waals surface area contributed by atoms with Crippen molar-refractivity contribution in [3.05, 3.63) is 79.2 Å². The SMILES string of the molecule is C=C/C(=C\C)C(=C)N1CCN(C(=C)C(=O)c2c[nH]c3c(-c4cnc(N)cn4)ncc(OC)c23)CC1. The second kappa shape index (κ2) is 9.84. The van der Waals surface area contributed by atoms with Gasteiger partial charge in [-0.25, -0.2) is 15.0 Å². The Bertz CT molecular complexity index is 1330. The van der Waals surface area contributed by atoms with Crippen molar-refractivity contribution < 1.29 is 9.53 Å². The molecule has 35 heavy (non-hydrogen) atoms. The number of anilines is 1. The Kier molecular flexibility index (Phi) is 6.68. The number of aromatic nitrogens is 4. The Morgan fingerprint density at radius 3 is 2.34 bits per heavy atom. The number of Topliss-reactive ketones (excluding diaryl/α,β-unsaturated/α-hetero) is 1. The summed E-state index contributed by atoms with van der Waals surface area (Å²) in [7, 11) is 1.55. The average molecular weight is 472 g/mol. The van der Waals surface area contributed by atoms with Crippen LogP contribution in [0.4, 0.5) is 5.82 Å². The summed E-state index contributed by atoms with van der Waals surface area (Å²) < 4.78 is 5.53. The standard InChI is InChI=1S/C26H29N7O2/c1-6-18(7-2)16(3)32-8-10-33(11-9-32)17(4)26(34)19-12-30-25-23(19)21(35-5)14-31-24(25)20-13-29-22(27)15-28-20/h6-7,12-15,30H,1,3-4,8-11H2,2,5H3,(H2,27,29)/b18-7+. The normalized spacial score (nSPS) is 14.2. The van der Waals surface area contributed by atoms with Crippen LogP contribution in [0.5, 0.6) is 5.75 Å². The van der Waals surface area contributed by atoms with Crippen molar-refractivity contribution in [3.63, 3.8) is 0 Å². The fourth-order valence-corrected chi connectivity index (χ4v) is 4.24. The molecule has 1 aliphatic heterocycles. The number of nitrogens with zero attached hydrogens (tertiary/aromatic N) is 5. The van der Waals surface area contributed by atoms with Gasteiger partial charge in [0.2, 0.25) is 5.78 Å². The number of hydrogen-bond acceptors (Lipinski definition) is 8. The van der Waals surface area contributed by atoms with Crippen molar-refractivity contribution in [2.24, 2.45) is 0 Å². The molecule has 0 aromatic carbocycles. The van der Waals surface area contributed by atoms with Crippen LogP contribution < -0.4 is 10.5 Å². The molecule has 9 nitrogen and oxygen atoms in total. The maximum absolute atomic E-state index is 13.6. The number of H-pyrrole nitrogens is 1. The molecule has 3 aromatic heterocycles. The molecular weight excluding hydrogens is 442 g/mol. The average Bonchev–Trinajstić information content (AvgIpc) is 3.34. The molecule has 1 saturated heterocycles. The molecular formula is C26H29N7O2. The lowest BCUT2D eigenvalue weighted by atomic mass is 10.0. The van der Waals surface area contributed by atoms with Gasteiger partial charge in [-0.1, -0.05) is 31.9 Å². The molecule has 1 fully saturated rings. The highest BCUT2D eigenvalue weighted by Crippen LogP contribution is 2.35. The maximum atomic E-state index is 13.6. The van der Waals surface area contributed by atoms with Crippen molar-refractivity contribution in [1.82, 2.24) is 29.7 Å². The van der Waals surface area contributed by atoms with Gasteiger partial charge in [0.15, 0.2) is 0 Å². The van der Waals surface area contributed by atoms with Crippen LogP contribution in [-0.4, -0.2) is 68.8 Å². The number of piperazine rings is 1. The number of aromatic amines is 1. The lowest BCUT2D eigenvalue weighted by Crippen LogP contribution is -2.46. The minimum Gasteiger partial charge on any atom is -0.494 e. The van der Waals surface area contributed by atoms with Crippen LogP contribution in [0.2, 0.25) is 0 Å². The minimum absolute atomic E-state index is 0.178. The van der Waals surface area contributed by atoms with Crippen LogP contribution in [0.25, 0.3) is 22.3 Å². The van der Waals surface area contributed by atoms with Crippen LogP contribution in [0, 0.1) is 0 Å². The van der Waals surface area contributed by atoms with Gasteiger partial charge in [0.1, 0.15) is 23.0 Å². The van der Waals surface area contributed by atoms with Gasteiger partial charge < -0.3 is 25.3 Å². The van der Waals surface area contributed by atoms with E-state index in [2.05, 4.69) is 44.6 Å². The van der Waals surface area contributed by atoms with Gasteiger partial charge in [-0.3, -0.25) is 4.79 Å². The smallest absolute Gasteiger partial charge is 0.210 e. The van der Waals surface area contributed by atoms with Crippen LogP contribution in [0.3, 0.4) is 0 Å². The molecule has 0 amide bonds. The number of methoxy groups -OCH3 is 1. The Morgan fingerprint density at radius 2 is 1.77 bits per heavy atom. The molecule has 0 saturated carbocycles. The van der Waals surface area contributed by atoms with Gasteiger partial charge in [-0.2, -0.15) is 0 Å². The molecule has 0 bridgehead atoms. The number of fused-ring (bicyclic) bond motifs is 1. The summed E-state index contributed by atoms with van der Waals surface area (Å²) in [6.45, 7) is 16.9. The first-order valence-corrected chi connectivity index (χ1v) is 11.2. The molecule has 3 aromatic rings. The zero-order chi connectivity index (χ0) is 25.1. The third-order valence-electron chi connectivity index (χ3n) is 6.22. The number of carbonyl (C=O) groups is 1. The van der Waals surface area contributed by atoms with Crippen molar-refractivity contribution >= 4 is 22.5 Å². The number of ether oxygens (including phenoxy) is 1. The highest BCUT2D eigenvalue weighted by atomic mass is 16.5. The Labute approximate surface area is 204 Å². The molecule has 0 radical (unpaired) electrons. The second-order valence-electron chi connectivity index (χ2n) is 8.10. The predicted molar refractivity (Wildman–Crippen MR) is 138 cm³/mol. The number of nitrogens with one attached hydrogen (secondary N) is 1. The summed E-state index contributed by atoms with van der Waals surface area (Å²) in [4.78, 5) is 33.8.